The molecule has 5 nitrogen and oxygen atoms in total. The Hall–Kier alpha value is -0.693. The van der Waals surface area contributed by atoms with Gasteiger partial charge in [0.1, 0.15) is 6.10 Å². The number of esters is 1. The molecule has 0 radical (unpaired) electrons. The van der Waals surface area contributed by atoms with Crippen LogP contribution in [0.4, 0.5) is 0 Å². The summed E-state index contributed by atoms with van der Waals surface area (Å²) in [5.41, 5.74) is 0. The average Bonchev–Trinajstić information content (AvgIpc) is 2.80. The molecule has 0 spiro atoms. The molecule has 0 saturated carbocycles. The van der Waals surface area contributed by atoms with Crippen molar-refractivity contribution < 1.29 is 23.4 Å². The number of carbonyl (C=O) groups excluding carboxylic acids is 1. The van der Waals surface area contributed by atoms with E-state index in [2.05, 4.69) is 38.6 Å². The third kappa shape index (κ3) is 5.69. The molecule has 24 heavy (non-hydrogen) atoms. The van der Waals surface area contributed by atoms with Crippen molar-refractivity contribution in [3.05, 3.63) is 12.2 Å². The van der Waals surface area contributed by atoms with Gasteiger partial charge in [-0.05, 0) is 32.0 Å². The fourth-order valence-corrected chi connectivity index (χ4v) is 3.72. The summed E-state index contributed by atoms with van der Waals surface area (Å²) in [5, 5.41) is 0.0893. The Morgan fingerprint density at radius 1 is 1.33 bits per heavy atom. The van der Waals surface area contributed by atoms with E-state index in [1.807, 2.05) is 26.8 Å². The van der Waals surface area contributed by atoms with Crippen molar-refractivity contribution in [3.8, 4) is 0 Å². The van der Waals surface area contributed by atoms with Crippen LogP contribution in [-0.4, -0.2) is 46.0 Å². The second-order valence-corrected chi connectivity index (χ2v) is 13.2. The van der Waals surface area contributed by atoms with Gasteiger partial charge in [-0.1, -0.05) is 33.8 Å². The zero-order valence-electron chi connectivity index (χ0n) is 16.6. The zero-order chi connectivity index (χ0) is 18.8. The maximum absolute atomic E-state index is 11.4. The van der Waals surface area contributed by atoms with Crippen LogP contribution in [-0.2, 0) is 23.4 Å². The molecular formula is C18H34O5Si. The molecule has 1 aliphatic heterocycles. The van der Waals surface area contributed by atoms with Gasteiger partial charge in [-0.3, -0.25) is 0 Å². The summed E-state index contributed by atoms with van der Waals surface area (Å²) < 4.78 is 23.1. The van der Waals surface area contributed by atoms with Crippen molar-refractivity contribution in [1.82, 2.24) is 0 Å². The molecule has 0 bridgehead atoms. The lowest BCUT2D eigenvalue weighted by molar-refractivity contribution is -0.152. The maximum atomic E-state index is 11.4. The molecule has 3 atom stereocenters. The number of rotatable bonds is 6. The van der Waals surface area contributed by atoms with Crippen LogP contribution < -0.4 is 0 Å². The van der Waals surface area contributed by atoms with Crippen LogP contribution >= 0.6 is 0 Å². The normalized spacial score (nSPS) is 24.1. The summed E-state index contributed by atoms with van der Waals surface area (Å²) in [5.74, 6) is -0.969. The predicted molar refractivity (Wildman–Crippen MR) is 97.3 cm³/mol. The highest BCUT2D eigenvalue weighted by Crippen LogP contribution is 2.40. The molecule has 1 saturated heterocycles. The third-order valence-corrected chi connectivity index (χ3v) is 9.36. The Labute approximate surface area is 147 Å². The van der Waals surface area contributed by atoms with E-state index in [1.54, 1.807) is 0 Å². The fraction of sp³-hybridized carbons (Fsp3) is 0.833. The van der Waals surface area contributed by atoms with Gasteiger partial charge in [0.25, 0.3) is 0 Å². The molecule has 1 fully saturated rings. The van der Waals surface area contributed by atoms with Gasteiger partial charge in [0.2, 0.25) is 0 Å². The van der Waals surface area contributed by atoms with Crippen molar-refractivity contribution in [2.45, 2.75) is 77.7 Å². The van der Waals surface area contributed by atoms with Gasteiger partial charge >= 0.3 is 5.97 Å². The summed E-state index contributed by atoms with van der Waals surface area (Å²) in [4.78, 5) is 11.4. The van der Waals surface area contributed by atoms with Gasteiger partial charge in [-0.15, -0.1) is 0 Å². The molecule has 0 N–H and O–H groups in total. The van der Waals surface area contributed by atoms with Crippen LogP contribution in [0.2, 0.25) is 18.1 Å². The van der Waals surface area contributed by atoms with E-state index in [9.17, 15) is 4.79 Å². The van der Waals surface area contributed by atoms with Crippen LogP contribution in [0.1, 0.15) is 41.5 Å². The Balaban J connectivity index is 3.00. The molecule has 0 aromatic carbocycles. The molecular weight excluding hydrogens is 324 g/mol. The van der Waals surface area contributed by atoms with E-state index < -0.39 is 14.1 Å². The summed E-state index contributed by atoms with van der Waals surface area (Å²) in [6, 6.07) is 0. The van der Waals surface area contributed by atoms with Gasteiger partial charge in [-0.2, -0.15) is 0 Å². The third-order valence-electron chi connectivity index (χ3n) is 4.89. The Morgan fingerprint density at radius 2 is 1.92 bits per heavy atom. The van der Waals surface area contributed by atoms with Crippen LogP contribution in [0.5, 0.6) is 0 Å². The first-order valence-corrected chi connectivity index (χ1v) is 11.5. The first-order chi connectivity index (χ1) is 10.8. The van der Waals surface area contributed by atoms with Gasteiger partial charge < -0.3 is 18.6 Å². The highest BCUT2D eigenvalue weighted by Gasteiger charge is 2.45. The molecule has 0 aromatic heterocycles. The smallest absolute Gasteiger partial charge is 0.330 e. The van der Waals surface area contributed by atoms with Crippen molar-refractivity contribution >= 4 is 14.3 Å². The minimum absolute atomic E-state index is 0.000671. The summed E-state index contributed by atoms with van der Waals surface area (Å²) in [7, 11) is -0.622. The molecule has 1 aliphatic rings. The predicted octanol–water partition coefficient (Wildman–Crippen LogP) is 3.89. The Morgan fingerprint density at radius 3 is 2.33 bits per heavy atom. The minimum Gasteiger partial charge on any atom is -0.466 e. The second-order valence-electron chi connectivity index (χ2n) is 8.45. The number of ether oxygens (including phenoxy) is 3. The van der Waals surface area contributed by atoms with E-state index in [0.717, 1.165) is 0 Å². The molecule has 0 amide bonds. The van der Waals surface area contributed by atoms with Gasteiger partial charge in [0.05, 0.1) is 19.8 Å². The number of carbonyl (C=O) groups is 1. The van der Waals surface area contributed by atoms with E-state index in [4.69, 9.17) is 13.9 Å². The average molecular weight is 359 g/mol. The zero-order valence-corrected chi connectivity index (χ0v) is 17.6. The summed E-state index contributed by atoms with van der Waals surface area (Å²) >= 11 is 0. The lowest BCUT2D eigenvalue weighted by Gasteiger charge is -2.42. The van der Waals surface area contributed by atoms with Crippen LogP contribution in [0.25, 0.3) is 0 Å². The van der Waals surface area contributed by atoms with Crippen molar-refractivity contribution in [1.29, 1.82) is 0 Å². The van der Waals surface area contributed by atoms with Crippen molar-refractivity contribution in [2.75, 3.05) is 13.7 Å². The fourth-order valence-electron chi connectivity index (χ4n) is 2.32. The topological polar surface area (TPSA) is 54.0 Å². The van der Waals surface area contributed by atoms with E-state index >= 15 is 0 Å². The quantitative estimate of drug-likeness (QED) is 0.409. The molecule has 0 aliphatic carbocycles. The van der Waals surface area contributed by atoms with Crippen LogP contribution in [0, 0.1) is 5.92 Å². The van der Waals surface area contributed by atoms with E-state index in [-0.39, 0.29) is 29.1 Å². The highest BCUT2D eigenvalue weighted by molar-refractivity contribution is 6.74. The van der Waals surface area contributed by atoms with E-state index in [0.29, 0.717) is 6.61 Å². The lowest BCUT2D eigenvalue weighted by Crippen LogP contribution is -2.49. The minimum atomic E-state index is -1.99. The monoisotopic (exact) mass is 358 g/mol. The second kappa shape index (κ2) is 7.68. The van der Waals surface area contributed by atoms with Crippen molar-refractivity contribution in [2.24, 2.45) is 5.92 Å². The Kier molecular flexibility index (Phi) is 6.83. The molecule has 1 rings (SSSR count). The van der Waals surface area contributed by atoms with Gasteiger partial charge in [-0.25, -0.2) is 4.79 Å². The largest absolute Gasteiger partial charge is 0.466 e. The number of hydrogen-bond donors (Lipinski definition) is 0. The summed E-state index contributed by atoms with van der Waals surface area (Å²) in [6.45, 7) is 17.4. The lowest BCUT2D eigenvalue weighted by atomic mass is 9.99. The molecule has 0 unspecified atom stereocenters. The highest BCUT2D eigenvalue weighted by atomic mass is 28.4. The van der Waals surface area contributed by atoms with E-state index in [1.165, 1.54) is 13.2 Å². The summed E-state index contributed by atoms with van der Waals surface area (Å²) in [6.07, 6.45) is 2.95. The van der Waals surface area contributed by atoms with Gasteiger partial charge in [0, 0.05) is 12.0 Å². The van der Waals surface area contributed by atoms with Crippen LogP contribution in [0.3, 0.4) is 0 Å². The Bertz CT molecular complexity index is 465. The van der Waals surface area contributed by atoms with Gasteiger partial charge in [0.15, 0.2) is 14.1 Å². The first-order valence-electron chi connectivity index (χ1n) is 8.55. The van der Waals surface area contributed by atoms with Crippen molar-refractivity contribution in [3.63, 3.8) is 0 Å². The molecule has 140 valence electrons. The number of hydrogen-bond acceptors (Lipinski definition) is 5. The molecule has 6 heteroatoms. The molecule has 0 aromatic rings. The van der Waals surface area contributed by atoms with Crippen LogP contribution in [0.15, 0.2) is 12.2 Å². The SMILES string of the molecule is COC(=O)/C=C/[C@@H](C)[C@@H](O[Si](C)(C)C(C)(C)C)[C@H]1COC(C)(C)O1. The molecule has 1 heterocycles. The maximum Gasteiger partial charge on any atom is 0.330 e. The standard InChI is InChI=1S/C18H34O5Si/c1-13(10-11-15(19)20-7)16(14-12-21-18(5,6)22-14)23-24(8,9)17(2,3)4/h10-11,13-14,16H,12H2,1-9H3/b11-10+/t13-,14-,16-/m1/s1. The number of methoxy groups -OCH3 is 1. The first kappa shape index (κ1) is 21.3.